The minimum absolute atomic E-state index is 0.233. The number of fused-ring (bicyclic) bond motifs is 1. The number of methoxy groups -OCH3 is 1. The highest BCUT2D eigenvalue weighted by molar-refractivity contribution is 14.1. The van der Waals surface area contributed by atoms with Crippen LogP contribution >= 0.6 is 22.6 Å². The molecular weight excluding hydrogens is 379 g/mol. The summed E-state index contributed by atoms with van der Waals surface area (Å²) in [5.74, 6) is 0.979. The van der Waals surface area contributed by atoms with Crippen molar-refractivity contribution in [3.63, 3.8) is 0 Å². The van der Waals surface area contributed by atoms with Crippen LogP contribution in [0.25, 0.3) is 11.5 Å². The maximum atomic E-state index is 9.86. The topological polar surface area (TPSA) is 103 Å². The number of aliphatic hydroxyl groups is 2. The van der Waals surface area contributed by atoms with Gasteiger partial charge in [0.25, 0.3) is 0 Å². The summed E-state index contributed by atoms with van der Waals surface area (Å²) in [5, 5.41) is 19.0. The van der Waals surface area contributed by atoms with E-state index in [1.807, 2.05) is 0 Å². The van der Waals surface area contributed by atoms with Crippen LogP contribution < -0.4 is 4.74 Å². The third kappa shape index (κ3) is 2.14. The number of imidazole rings is 1. The van der Waals surface area contributed by atoms with Crippen LogP contribution in [0.3, 0.4) is 0 Å². The van der Waals surface area contributed by atoms with E-state index in [0.29, 0.717) is 27.7 Å². The van der Waals surface area contributed by atoms with Gasteiger partial charge < -0.3 is 19.7 Å². The molecule has 1 unspecified atom stereocenters. The van der Waals surface area contributed by atoms with Crippen molar-refractivity contribution in [1.29, 1.82) is 0 Å². The number of halogens is 1. The van der Waals surface area contributed by atoms with Crippen molar-refractivity contribution in [3.8, 4) is 17.4 Å². The first-order valence-corrected chi connectivity index (χ1v) is 7.10. The van der Waals surface area contributed by atoms with E-state index in [0.717, 1.165) is 0 Å². The highest BCUT2D eigenvalue weighted by atomic mass is 127. The zero-order valence-corrected chi connectivity index (χ0v) is 12.8. The smallest absolute Gasteiger partial charge is 0.228 e. The summed E-state index contributed by atoms with van der Waals surface area (Å²) in [5.41, 5.74) is 0.540. The van der Waals surface area contributed by atoms with E-state index < -0.39 is 18.4 Å². The first-order chi connectivity index (χ1) is 9.65. The Morgan fingerprint density at radius 3 is 3.00 bits per heavy atom. The van der Waals surface area contributed by atoms with Gasteiger partial charge in [0.1, 0.15) is 18.7 Å². The Morgan fingerprint density at radius 1 is 1.55 bits per heavy atom. The van der Waals surface area contributed by atoms with Gasteiger partial charge in [-0.25, -0.2) is 15.0 Å². The van der Waals surface area contributed by atoms with Crippen LogP contribution in [0.4, 0.5) is 0 Å². The summed E-state index contributed by atoms with van der Waals surface area (Å²) in [6.45, 7) is -0.233. The van der Waals surface area contributed by atoms with Crippen LogP contribution in [0.5, 0.6) is 5.88 Å². The molecule has 9 heteroatoms. The van der Waals surface area contributed by atoms with E-state index in [9.17, 15) is 10.2 Å². The highest BCUT2D eigenvalue weighted by Crippen LogP contribution is 2.37. The Labute approximate surface area is 128 Å². The Morgan fingerprint density at radius 2 is 2.35 bits per heavy atom. The fourth-order valence-corrected chi connectivity index (χ4v) is 3.07. The summed E-state index contributed by atoms with van der Waals surface area (Å²) in [6, 6.07) is 0. The maximum absolute atomic E-state index is 9.86. The lowest BCUT2D eigenvalue weighted by Gasteiger charge is -2.21. The first kappa shape index (κ1) is 13.9. The Hall–Kier alpha value is -1.04. The van der Waals surface area contributed by atoms with Crippen molar-refractivity contribution >= 4 is 22.6 Å². The zero-order chi connectivity index (χ0) is 14.3. The van der Waals surface area contributed by atoms with Gasteiger partial charge in [-0.2, -0.15) is 0 Å². The molecule has 0 bridgehead atoms. The van der Waals surface area contributed by atoms with Crippen molar-refractivity contribution in [3.05, 3.63) is 10.2 Å². The first-order valence-electron chi connectivity index (χ1n) is 6.02. The van der Waals surface area contributed by atoms with Gasteiger partial charge in [-0.1, -0.05) is 0 Å². The minimum atomic E-state index is -0.723. The lowest BCUT2D eigenvalue weighted by atomic mass is 10.2. The average molecular weight is 392 g/mol. The average Bonchev–Trinajstić information content (AvgIpc) is 3.02. The van der Waals surface area contributed by atoms with Crippen molar-refractivity contribution in [2.75, 3.05) is 13.7 Å². The molecule has 0 amide bonds. The molecule has 8 nitrogen and oxygen atoms in total. The molecule has 3 atom stereocenters. The summed E-state index contributed by atoms with van der Waals surface area (Å²) >= 11 is 2.05. The third-order valence-corrected chi connectivity index (χ3v) is 4.02. The summed E-state index contributed by atoms with van der Waals surface area (Å²) in [7, 11) is 1.53. The summed E-state index contributed by atoms with van der Waals surface area (Å²) < 4.78 is 13.4. The molecule has 0 radical (unpaired) electrons. The van der Waals surface area contributed by atoms with Crippen molar-refractivity contribution < 1.29 is 19.7 Å². The molecule has 20 heavy (non-hydrogen) atoms. The lowest BCUT2D eigenvalue weighted by Crippen LogP contribution is -2.24. The molecule has 2 N–H and O–H groups in total. The van der Waals surface area contributed by atoms with Gasteiger partial charge in [-0.05, 0) is 0 Å². The van der Waals surface area contributed by atoms with E-state index in [2.05, 4.69) is 37.5 Å². The number of aliphatic hydroxyl groups excluding tert-OH is 2. The predicted molar refractivity (Wildman–Crippen MR) is 75.3 cm³/mol. The molecular formula is C11H13IN4O4. The van der Waals surface area contributed by atoms with Gasteiger partial charge in [0, 0.05) is 29.0 Å². The predicted octanol–water partition coefficient (Wildman–Crippen LogP) is 0.0318. The summed E-state index contributed by atoms with van der Waals surface area (Å²) in [4.78, 5) is 12.5. The molecule has 3 aliphatic rings. The Bertz CT molecular complexity index is 592. The second-order valence-electron chi connectivity index (χ2n) is 4.42. The second-order valence-corrected chi connectivity index (χ2v) is 5.39. The lowest BCUT2D eigenvalue weighted by molar-refractivity contribution is -0.0476. The quantitative estimate of drug-likeness (QED) is 0.562. The minimum Gasteiger partial charge on any atom is -0.480 e. The molecule has 0 aromatic carbocycles. The van der Waals surface area contributed by atoms with E-state index in [1.54, 1.807) is 4.57 Å². The normalized spacial score (nSPS) is 26.3. The number of nitrogens with zero attached hydrogens (tertiary/aromatic N) is 4. The number of hydrogen-bond acceptors (Lipinski definition) is 7. The maximum Gasteiger partial charge on any atom is 0.228 e. The van der Waals surface area contributed by atoms with Crippen LogP contribution in [0.15, 0.2) is 6.33 Å². The van der Waals surface area contributed by atoms with Gasteiger partial charge >= 0.3 is 0 Å². The second kappa shape index (κ2) is 5.39. The number of hydrogen-bond donors (Lipinski definition) is 2. The van der Waals surface area contributed by atoms with Crippen LogP contribution in [-0.4, -0.2) is 55.7 Å². The Kier molecular flexibility index (Phi) is 3.75. The number of rotatable bonds is 3. The van der Waals surface area contributed by atoms with E-state index in [4.69, 9.17) is 9.47 Å². The molecule has 3 aliphatic heterocycles. The number of ether oxygens (including phenoxy) is 2. The molecule has 0 aromatic heterocycles. The SMILES string of the molecule is COc1c2ncnc-2nc(I)n1C1C[C@H](O)[C@@H](CO)O1. The fourth-order valence-electron chi connectivity index (χ4n) is 2.31. The Balaban J connectivity index is 2.07. The van der Waals surface area contributed by atoms with Crippen molar-refractivity contribution in [1.82, 2.24) is 19.5 Å². The zero-order valence-electron chi connectivity index (χ0n) is 10.6. The van der Waals surface area contributed by atoms with Gasteiger partial charge in [0.2, 0.25) is 5.88 Å². The molecule has 0 saturated carbocycles. The van der Waals surface area contributed by atoms with Crippen LogP contribution in [0, 0.1) is 3.83 Å². The highest BCUT2D eigenvalue weighted by Gasteiger charge is 2.37. The fraction of sp³-hybridized carbons (Fsp3) is 0.545. The monoisotopic (exact) mass is 392 g/mol. The molecule has 3 rings (SSSR count). The molecule has 0 aromatic rings. The molecule has 0 spiro atoms. The van der Waals surface area contributed by atoms with Gasteiger partial charge in [0.05, 0.1) is 19.8 Å². The molecule has 0 aliphatic carbocycles. The molecule has 3 heterocycles. The summed E-state index contributed by atoms with van der Waals surface area (Å²) in [6.07, 6.45) is -0.0167. The van der Waals surface area contributed by atoms with E-state index in [1.165, 1.54) is 13.4 Å². The largest absolute Gasteiger partial charge is 0.480 e. The van der Waals surface area contributed by atoms with Gasteiger partial charge in [0.15, 0.2) is 15.3 Å². The van der Waals surface area contributed by atoms with E-state index >= 15 is 0 Å². The molecule has 108 valence electrons. The van der Waals surface area contributed by atoms with Crippen LogP contribution in [-0.2, 0) is 4.74 Å². The van der Waals surface area contributed by atoms with Crippen LogP contribution in [0.2, 0.25) is 0 Å². The van der Waals surface area contributed by atoms with Gasteiger partial charge in [-0.3, -0.25) is 4.57 Å². The van der Waals surface area contributed by atoms with Gasteiger partial charge in [-0.15, -0.1) is 0 Å². The van der Waals surface area contributed by atoms with Crippen LogP contribution in [0.1, 0.15) is 12.6 Å². The standard InChI is InChI=1S/C11H13IN4O4/c1-19-10-8-9(14-4-13-8)15-11(12)16(10)7-2-5(18)6(3-17)20-7/h4-7,17-18H,2-3H2,1H3/t5-,6+,7?/m0/s1. The molecule has 1 saturated heterocycles. The van der Waals surface area contributed by atoms with Crippen molar-refractivity contribution in [2.45, 2.75) is 24.9 Å². The van der Waals surface area contributed by atoms with Crippen molar-refractivity contribution in [2.24, 2.45) is 0 Å². The van der Waals surface area contributed by atoms with E-state index in [-0.39, 0.29) is 6.61 Å². The third-order valence-electron chi connectivity index (χ3n) is 3.26. The number of aromatic nitrogens is 4. The molecule has 1 fully saturated rings.